The first kappa shape index (κ1) is 22.0. The maximum absolute atomic E-state index is 14.7. The average Bonchev–Trinajstić information content (AvgIpc) is 3.40. The van der Waals surface area contributed by atoms with Crippen molar-refractivity contribution in [2.24, 2.45) is 0 Å². The van der Waals surface area contributed by atoms with Gasteiger partial charge in [-0.2, -0.15) is 5.10 Å². The van der Waals surface area contributed by atoms with Crippen molar-refractivity contribution in [1.29, 1.82) is 0 Å². The van der Waals surface area contributed by atoms with E-state index in [1.54, 1.807) is 57.9 Å². The molecule has 2 aromatic carbocycles. The molecule has 164 valence electrons. The lowest BCUT2D eigenvalue weighted by Crippen LogP contribution is -2.18. The summed E-state index contributed by atoms with van der Waals surface area (Å²) in [6.07, 6.45) is 1.63. The fourth-order valence-electron chi connectivity index (χ4n) is 3.16. The summed E-state index contributed by atoms with van der Waals surface area (Å²) >= 11 is 7.51. The lowest BCUT2D eigenvalue weighted by molar-refractivity contribution is -0.113. The third kappa shape index (κ3) is 4.53. The van der Waals surface area contributed by atoms with Crippen molar-refractivity contribution in [3.8, 4) is 17.1 Å². The standard InChI is InChI=1S/C22H20ClFN6OS/c1-14(2)30-19(11-12-25-30)26-20(31)13-32-22-28-27-21(15-7-3-4-8-16(15)23)29(22)18-10-6-5-9-17(18)24/h3-12,14H,13H2,1-2H3,(H,26,31). The van der Waals surface area contributed by atoms with E-state index in [2.05, 4.69) is 20.6 Å². The number of halogens is 2. The van der Waals surface area contributed by atoms with Gasteiger partial charge in [-0.25, -0.2) is 9.07 Å². The van der Waals surface area contributed by atoms with Crippen LogP contribution < -0.4 is 5.32 Å². The van der Waals surface area contributed by atoms with Crippen LogP contribution in [0.4, 0.5) is 10.2 Å². The molecule has 4 aromatic rings. The second-order valence-electron chi connectivity index (χ2n) is 7.16. The van der Waals surface area contributed by atoms with Crippen LogP contribution in [-0.2, 0) is 4.79 Å². The Labute approximate surface area is 193 Å². The lowest BCUT2D eigenvalue weighted by Gasteiger charge is -2.13. The molecular formula is C22H20ClFN6OS. The predicted molar refractivity (Wildman–Crippen MR) is 124 cm³/mol. The Balaban J connectivity index is 1.63. The van der Waals surface area contributed by atoms with Crippen LogP contribution in [0.5, 0.6) is 0 Å². The molecule has 7 nitrogen and oxygen atoms in total. The lowest BCUT2D eigenvalue weighted by atomic mass is 10.2. The van der Waals surface area contributed by atoms with Gasteiger partial charge in [-0.05, 0) is 38.1 Å². The van der Waals surface area contributed by atoms with Crippen LogP contribution >= 0.6 is 23.4 Å². The first-order chi connectivity index (χ1) is 15.5. The number of amides is 1. The molecule has 2 heterocycles. The van der Waals surface area contributed by atoms with Gasteiger partial charge in [0, 0.05) is 17.7 Å². The molecule has 0 unspecified atom stereocenters. The van der Waals surface area contributed by atoms with Gasteiger partial charge in [0.1, 0.15) is 11.6 Å². The largest absolute Gasteiger partial charge is 0.310 e. The summed E-state index contributed by atoms with van der Waals surface area (Å²) in [4.78, 5) is 12.6. The highest BCUT2D eigenvalue weighted by Crippen LogP contribution is 2.32. The van der Waals surface area contributed by atoms with Crippen LogP contribution in [0.25, 0.3) is 17.1 Å². The van der Waals surface area contributed by atoms with E-state index in [0.29, 0.717) is 27.4 Å². The molecule has 0 aliphatic carbocycles. The summed E-state index contributed by atoms with van der Waals surface area (Å²) in [5.74, 6) is 0.380. The molecule has 0 saturated heterocycles. The number of carbonyl (C=O) groups is 1. The number of aromatic nitrogens is 5. The molecule has 1 N–H and O–H groups in total. The van der Waals surface area contributed by atoms with Crippen molar-refractivity contribution in [2.75, 3.05) is 11.1 Å². The van der Waals surface area contributed by atoms with E-state index in [-0.39, 0.29) is 23.4 Å². The molecule has 2 aromatic heterocycles. The average molecular weight is 471 g/mol. The molecule has 0 radical (unpaired) electrons. The summed E-state index contributed by atoms with van der Waals surface area (Å²) in [5.41, 5.74) is 0.885. The minimum absolute atomic E-state index is 0.0540. The van der Waals surface area contributed by atoms with Crippen LogP contribution in [0.3, 0.4) is 0 Å². The van der Waals surface area contributed by atoms with E-state index < -0.39 is 5.82 Å². The van der Waals surface area contributed by atoms with Crippen molar-refractivity contribution < 1.29 is 9.18 Å². The number of nitrogens with zero attached hydrogens (tertiary/aromatic N) is 5. The number of hydrogen-bond acceptors (Lipinski definition) is 5. The molecule has 10 heteroatoms. The van der Waals surface area contributed by atoms with E-state index in [9.17, 15) is 9.18 Å². The molecule has 0 aliphatic heterocycles. The van der Waals surface area contributed by atoms with Crippen molar-refractivity contribution >= 4 is 35.1 Å². The summed E-state index contributed by atoms with van der Waals surface area (Å²) in [6.45, 7) is 3.95. The molecule has 0 aliphatic rings. The fraction of sp³-hybridized carbons (Fsp3) is 0.182. The smallest absolute Gasteiger partial charge is 0.235 e. The van der Waals surface area contributed by atoms with E-state index in [1.807, 2.05) is 19.9 Å². The zero-order valence-electron chi connectivity index (χ0n) is 17.4. The number of anilines is 1. The van der Waals surface area contributed by atoms with E-state index in [1.165, 1.54) is 6.07 Å². The van der Waals surface area contributed by atoms with Crippen molar-refractivity contribution in [3.63, 3.8) is 0 Å². The minimum atomic E-state index is -0.437. The third-order valence-electron chi connectivity index (χ3n) is 4.60. The molecule has 4 rings (SSSR count). The maximum atomic E-state index is 14.7. The van der Waals surface area contributed by atoms with Gasteiger partial charge in [-0.15, -0.1) is 10.2 Å². The Bertz CT molecular complexity index is 1250. The maximum Gasteiger partial charge on any atom is 0.235 e. The predicted octanol–water partition coefficient (Wildman–Crippen LogP) is 5.24. The van der Waals surface area contributed by atoms with Crippen LogP contribution in [0.2, 0.25) is 5.02 Å². The van der Waals surface area contributed by atoms with Crippen molar-refractivity contribution in [1.82, 2.24) is 24.5 Å². The quantitative estimate of drug-likeness (QED) is 0.374. The molecule has 0 fully saturated rings. The molecule has 32 heavy (non-hydrogen) atoms. The number of carbonyl (C=O) groups excluding carboxylic acids is 1. The first-order valence-electron chi connectivity index (χ1n) is 9.87. The van der Waals surface area contributed by atoms with Crippen LogP contribution in [0, 0.1) is 5.82 Å². The number of para-hydroxylation sites is 1. The van der Waals surface area contributed by atoms with Gasteiger partial charge < -0.3 is 5.32 Å². The summed E-state index contributed by atoms with van der Waals surface area (Å²) in [6, 6.07) is 15.3. The van der Waals surface area contributed by atoms with Crippen LogP contribution in [0.1, 0.15) is 19.9 Å². The minimum Gasteiger partial charge on any atom is -0.310 e. The monoisotopic (exact) mass is 470 g/mol. The van der Waals surface area contributed by atoms with Gasteiger partial charge in [-0.1, -0.05) is 47.6 Å². The summed E-state index contributed by atoms with van der Waals surface area (Å²) in [5, 5.41) is 16.4. The number of benzene rings is 2. The number of rotatable bonds is 7. The van der Waals surface area contributed by atoms with Crippen molar-refractivity contribution in [3.05, 3.63) is 71.6 Å². The van der Waals surface area contributed by atoms with Gasteiger partial charge in [0.2, 0.25) is 5.91 Å². The normalized spacial score (nSPS) is 11.2. The summed E-state index contributed by atoms with van der Waals surface area (Å²) in [7, 11) is 0. The molecule has 0 saturated carbocycles. The molecule has 0 atom stereocenters. The number of hydrogen-bond donors (Lipinski definition) is 1. The summed E-state index contributed by atoms with van der Waals surface area (Å²) < 4.78 is 18.0. The Kier molecular flexibility index (Phi) is 6.57. The zero-order chi connectivity index (χ0) is 22.7. The molecular weight excluding hydrogens is 451 g/mol. The highest BCUT2D eigenvalue weighted by molar-refractivity contribution is 7.99. The Hall–Kier alpha value is -3.17. The van der Waals surface area contributed by atoms with E-state index >= 15 is 0 Å². The number of thioether (sulfide) groups is 1. The zero-order valence-corrected chi connectivity index (χ0v) is 18.9. The van der Waals surface area contributed by atoms with Crippen molar-refractivity contribution in [2.45, 2.75) is 25.0 Å². The SMILES string of the molecule is CC(C)n1nccc1NC(=O)CSc1nnc(-c2ccccc2Cl)n1-c1ccccc1F. The van der Waals surface area contributed by atoms with Gasteiger partial charge >= 0.3 is 0 Å². The molecule has 0 spiro atoms. The second-order valence-corrected chi connectivity index (χ2v) is 8.51. The highest BCUT2D eigenvalue weighted by atomic mass is 35.5. The van der Waals surface area contributed by atoms with Gasteiger partial charge in [-0.3, -0.25) is 9.36 Å². The number of nitrogens with one attached hydrogen (secondary N) is 1. The third-order valence-corrected chi connectivity index (χ3v) is 5.86. The molecule has 0 bridgehead atoms. The van der Waals surface area contributed by atoms with E-state index in [4.69, 9.17) is 11.6 Å². The van der Waals surface area contributed by atoms with Gasteiger partial charge in [0.25, 0.3) is 0 Å². The van der Waals surface area contributed by atoms with Gasteiger partial charge in [0.05, 0.1) is 22.7 Å². The fourth-order valence-corrected chi connectivity index (χ4v) is 4.13. The van der Waals surface area contributed by atoms with Crippen LogP contribution in [0.15, 0.2) is 66.0 Å². The Morgan fingerprint density at radius 3 is 2.62 bits per heavy atom. The topological polar surface area (TPSA) is 77.6 Å². The second kappa shape index (κ2) is 9.54. The Morgan fingerprint density at radius 2 is 1.88 bits per heavy atom. The van der Waals surface area contributed by atoms with E-state index in [0.717, 1.165) is 11.8 Å². The first-order valence-corrected chi connectivity index (χ1v) is 11.2. The highest BCUT2D eigenvalue weighted by Gasteiger charge is 2.21. The Morgan fingerprint density at radius 1 is 1.12 bits per heavy atom. The van der Waals surface area contributed by atoms with Crippen LogP contribution in [-0.4, -0.2) is 36.2 Å². The molecule has 1 amide bonds. The van der Waals surface area contributed by atoms with Gasteiger partial charge in [0.15, 0.2) is 11.0 Å².